The topological polar surface area (TPSA) is 59.9 Å². The van der Waals surface area contributed by atoms with Crippen molar-refractivity contribution in [1.29, 1.82) is 0 Å². The molecule has 0 aliphatic rings. The lowest BCUT2D eigenvalue weighted by molar-refractivity contribution is -0.165. The van der Waals surface area contributed by atoms with Crippen LogP contribution in [0.1, 0.15) is 13.8 Å². The van der Waals surface area contributed by atoms with E-state index in [1.807, 2.05) is 0 Å². The van der Waals surface area contributed by atoms with Gasteiger partial charge in [-0.25, -0.2) is 4.99 Å². The number of carbonyl (C=O) groups is 1. The predicted molar refractivity (Wildman–Crippen MR) is 68.2 cm³/mol. The summed E-state index contributed by atoms with van der Waals surface area (Å²) in [5.41, 5.74) is 0. The largest absolute Gasteiger partial charge is 0.485 e. The van der Waals surface area contributed by atoms with Crippen LogP contribution in [0.5, 0.6) is 0 Å². The molecule has 1 amide bonds. The third kappa shape index (κ3) is 13.2. The number of carbonyl (C=O) groups excluding carboxylic acids is 1. The van der Waals surface area contributed by atoms with Gasteiger partial charge in [-0.1, -0.05) is 6.58 Å². The van der Waals surface area contributed by atoms with Gasteiger partial charge in [-0.05, 0) is 6.92 Å². The van der Waals surface area contributed by atoms with Crippen molar-refractivity contribution in [2.24, 2.45) is 4.99 Å². The summed E-state index contributed by atoms with van der Waals surface area (Å²) >= 11 is 0. The minimum Gasteiger partial charge on any atom is -0.485 e. The summed E-state index contributed by atoms with van der Waals surface area (Å²) in [6.45, 7) is 2.05. The summed E-state index contributed by atoms with van der Waals surface area (Å²) in [7, 11) is 0. The number of alkyl halides is 6. The first kappa shape index (κ1) is 20.8. The zero-order valence-electron chi connectivity index (χ0n) is 12.1. The average molecular weight is 348 g/mol. The summed E-state index contributed by atoms with van der Waals surface area (Å²) in [5.74, 6) is -2.01. The molecule has 0 aromatic carbocycles. The fraction of sp³-hybridized carbons (Fsp3) is 0.500. The summed E-state index contributed by atoms with van der Waals surface area (Å²) in [5, 5.41) is 2.16. The molecule has 0 saturated carbocycles. The molecule has 23 heavy (non-hydrogen) atoms. The van der Waals surface area contributed by atoms with Gasteiger partial charge in [0.1, 0.15) is 11.6 Å². The van der Waals surface area contributed by atoms with E-state index < -0.39 is 43.1 Å². The molecular weight excluding hydrogens is 334 g/mol. The fourth-order valence-electron chi connectivity index (χ4n) is 1.06. The first-order valence-electron chi connectivity index (χ1n) is 5.91. The highest BCUT2D eigenvalue weighted by molar-refractivity contribution is 5.96. The van der Waals surface area contributed by atoms with Gasteiger partial charge in [-0.15, -0.1) is 0 Å². The summed E-state index contributed by atoms with van der Waals surface area (Å²) in [6.07, 6.45) is -8.69. The number of hydrogen-bond donors (Lipinski definition) is 1. The molecular formula is C12H14F6N2O3. The summed E-state index contributed by atoms with van der Waals surface area (Å²) in [4.78, 5) is 14.3. The SMILES string of the molecule is C=C(/C=C(\N=C(/C)NC(C)=O)OCC(F)(F)F)OCC(F)(F)F. The molecule has 0 saturated heterocycles. The van der Waals surface area contributed by atoms with Crippen LogP contribution in [-0.4, -0.2) is 37.3 Å². The lowest BCUT2D eigenvalue weighted by atomic mass is 10.5. The third-order valence-corrected chi connectivity index (χ3v) is 1.72. The summed E-state index contributed by atoms with van der Waals surface area (Å²) < 4.78 is 80.9. The molecule has 0 heterocycles. The molecule has 1 N–H and O–H groups in total. The van der Waals surface area contributed by atoms with Gasteiger partial charge in [-0.2, -0.15) is 26.3 Å². The number of rotatable bonds is 6. The van der Waals surface area contributed by atoms with Crippen molar-refractivity contribution in [3.05, 3.63) is 24.3 Å². The van der Waals surface area contributed by atoms with Crippen molar-refractivity contribution in [3.63, 3.8) is 0 Å². The maximum atomic E-state index is 12.1. The standard InChI is InChI=1S/C12H14F6N2O3/c1-7(22-5-11(13,14)15)4-10(23-6-12(16,17)18)20-8(2)19-9(3)21/h4H,1,5-6H2,2-3H3,(H,19,20,21)/b10-4+. The molecule has 0 aliphatic carbocycles. The molecule has 0 bridgehead atoms. The maximum absolute atomic E-state index is 12.1. The third-order valence-electron chi connectivity index (χ3n) is 1.72. The zero-order valence-corrected chi connectivity index (χ0v) is 12.1. The number of aliphatic imine (C=N–C) groups is 1. The number of amidine groups is 1. The number of hydrogen-bond acceptors (Lipinski definition) is 4. The van der Waals surface area contributed by atoms with Gasteiger partial charge in [0.15, 0.2) is 13.2 Å². The van der Waals surface area contributed by atoms with Crippen LogP contribution in [0.4, 0.5) is 26.3 Å². The van der Waals surface area contributed by atoms with Gasteiger partial charge in [0, 0.05) is 13.0 Å². The van der Waals surface area contributed by atoms with Crippen LogP contribution in [0.15, 0.2) is 29.3 Å². The van der Waals surface area contributed by atoms with Crippen molar-refractivity contribution in [3.8, 4) is 0 Å². The van der Waals surface area contributed by atoms with E-state index in [1.54, 1.807) is 0 Å². The van der Waals surface area contributed by atoms with Crippen LogP contribution >= 0.6 is 0 Å². The molecule has 0 rings (SSSR count). The van der Waals surface area contributed by atoms with Crippen molar-refractivity contribution < 1.29 is 40.6 Å². The molecule has 11 heteroatoms. The first-order chi connectivity index (χ1) is 10.3. The molecule has 0 aliphatic heterocycles. The maximum Gasteiger partial charge on any atom is 0.422 e. The highest BCUT2D eigenvalue weighted by Crippen LogP contribution is 2.19. The van der Waals surface area contributed by atoms with Crippen LogP contribution in [0, 0.1) is 0 Å². The Morgan fingerprint density at radius 2 is 1.57 bits per heavy atom. The molecule has 0 unspecified atom stereocenters. The predicted octanol–water partition coefficient (Wildman–Crippen LogP) is 3.05. The van der Waals surface area contributed by atoms with E-state index in [1.165, 1.54) is 6.92 Å². The van der Waals surface area contributed by atoms with E-state index in [0.29, 0.717) is 6.08 Å². The van der Waals surface area contributed by atoms with E-state index in [9.17, 15) is 31.1 Å². The van der Waals surface area contributed by atoms with E-state index in [2.05, 4.69) is 26.4 Å². The number of allylic oxidation sites excluding steroid dienone is 1. The van der Waals surface area contributed by atoms with Gasteiger partial charge in [0.2, 0.25) is 11.8 Å². The zero-order chi connectivity index (χ0) is 18.3. The Hall–Kier alpha value is -2.20. The van der Waals surface area contributed by atoms with Gasteiger partial charge in [0.25, 0.3) is 0 Å². The van der Waals surface area contributed by atoms with Crippen LogP contribution in [-0.2, 0) is 14.3 Å². The monoisotopic (exact) mass is 348 g/mol. The minimum atomic E-state index is -4.69. The van der Waals surface area contributed by atoms with Crippen molar-refractivity contribution in [1.82, 2.24) is 5.32 Å². The molecule has 0 aromatic rings. The van der Waals surface area contributed by atoms with Crippen LogP contribution in [0.2, 0.25) is 0 Å². The molecule has 0 spiro atoms. The highest BCUT2D eigenvalue weighted by Gasteiger charge is 2.30. The van der Waals surface area contributed by atoms with Crippen molar-refractivity contribution in [2.75, 3.05) is 13.2 Å². The second kappa shape index (κ2) is 8.44. The van der Waals surface area contributed by atoms with E-state index in [4.69, 9.17) is 0 Å². The van der Waals surface area contributed by atoms with Gasteiger partial charge in [0.05, 0.1) is 0 Å². The molecule has 0 aromatic heterocycles. The fourth-order valence-corrected chi connectivity index (χ4v) is 1.06. The lowest BCUT2D eigenvalue weighted by Gasteiger charge is -2.12. The van der Waals surface area contributed by atoms with Gasteiger partial charge in [-0.3, -0.25) is 4.79 Å². The summed E-state index contributed by atoms with van der Waals surface area (Å²) in [6, 6.07) is 0. The van der Waals surface area contributed by atoms with E-state index in [0.717, 1.165) is 6.92 Å². The lowest BCUT2D eigenvalue weighted by Crippen LogP contribution is -2.26. The number of amides is 1. The van der Waals surface area contributed by atoms with Gasteiger partial charge >= 0.3 is 12.4 Å². The first-order valence-corrected chi connectivity index (χ1v) is 5.91. The van der Waals surface area contributed by atoms with E-state index in [-0.39, 0.29) is 5.84 Å². The molecule has 0 atom stereocenters. The Kier molecular flexibility index (Phi) is 7.63. The number of nitrogens with one attached hydrogen (secondary N) is 1. The number of nitrogens with zero attached hydrogens (tertiary/aromatic N) is 1. The second-order valence-corrected chi connectivity index (χ2v) is 4.13. The molecule has 132 valence electrons. The van der Waals surface area contributed by atoms with Crippen LogP contribution < -0.4 is 5.32 Å². The van der Waals surface area contributed by atoms with Crippen LogP contribution in [0.25, 0.3) is 0 Å². The number of ether oxygens (including phenoxy) is 2. The minimum absolute atomic E-state index is 0.130. The Morgan fingerprint density at radius 3 is 2.00 bits per heavy atom. The van der Waals surface area contributed by atoms with Crippen molar-refractivity contribution >= 4 is 11.7 Å². The highest BCUT2D eigenvalue weighted by atomic mass is 19.4. The second-order valence-electron chi connectivity index (χ2n) is 4.13. The smallest absolute Gasteiger partial charge is 0.422 e. The Bertz CT molecular complexity index is 494. The normalized spacial score (nSPS) is 13.6. The molecule has 0 fully saturated rings. The van der Waals surface area contributed by atoms with Gasteiger partial charge < -0.3 is 14.8 Å². The van der Waals surface area contributed by atoms with Crippen molar-refractivity contribution in [2.45, 2.75) is 26.2 Å². The molecule has 0 radical (unpaired) electrons. The Morgan fingerprint density at radius 1 is 1.09 bits per heavy atom. The Balaban J connectivity index is 5.05. The number of halogens is 6. The Labute approximate surface area is 127 Å². The molecule has 5 nitrogen and oxygen atoms in total. The van der Waals surface area contributed by atoms with E-state index >= 15 is 0 Å². The average Bonchev–Trinajstić information content (AvgIpc) is 2.30. The van der Waals surface area contributed by atoms with Crippen LogP contribution in [0.3, 0.4) is 0 Å². The quantitative estimate of drug-likeness (QED) is 0.264.